The highest BCUT2D eigenvalue weighted by Gasteiger charge is 2.41. The smallest absolute Gasteiger partial charge is 0.125 e. The van der Waals surface area contributed by atoms with Crippen molar-refractivity contribution in [2.45, 2.75) is 115 Å². The molecule has 0 bridgehead atoms. The summed E-state index contributed by atoms with van der Waals surface area (Å²) in [7, 11) is 0. The molecule has 1 spiro atoms. The van der Waals surface area contributed by atoms with Crippen LogP contribution in [0.2, 0.25) is 0 Å². The number of hydrogen-bond donors (Lipinski definition) is 3. The lowest BCUT2D eigenvalue weighted by Gasteiger charge is -2.35. The summed E-state index contributed by atoms with van der Waals surface area (Å²) in [5.74, 6) is 6.02. The van der Waals surface area contributed by atoms with Crippen LogP contribution >= 0.6 is 0 Å². The van der Waals surface area contributed by atoms with Crippen molar-refractivity contribution in [3.8, 4) is 11.8 Å². The maximum absolute atomic E-state index is 10.3. The highest BCUT2D eigenvalue weighted by Crippen LogP contribution is 2.51. The van der Waals surface area contributed by atoms with Gasteiger partial charge < -0.3 is 20.1 Å². The number of aliphatic hydroxyl groups excluding tert-OH is 2. The fourth-order valence-corrected chi connectivity index (χ4v) is 5.50. The number of aliphatic hydroxyl groups is 3. The summed E-state index contributed by atoms with van der Waals surface area (Å²) < 4.78 is 6.06. The van der Waals surface area contributed by atoms with E-state index in [4.69, 9.17) is 4.74 Å². The van der Waals surface area contributed by atoms with E-state index in [1.54, 1.807) is 0 Å². The van der Waals surface area contributed by atoms with Gasteiger partial charge in [-0.15, -0.1) is 0 Å². The zero-order valence-electron chi connectivity index (χ0n) is 18.8. The van der Waals surface area contributed by atoms with Crippen molar-refractivity contribution < 1.29 is 20.1 Å². The third-order valence-electron chi connectivity index (χ3n) is 7.44. The van der Waals surface area contributed by atoms with Gasteiger partial charge in [-0.25, -0.2) is 0 Å². The van der Waals surface area contributed by atoms with Gasteiger partial charge in [-0.2, -0.15) is 0 Å². The summed E-state index contributed by atoms with van der Waals surface area (Å²) in [6.07, 6.45) is 15.3. The Balaban J connectivity index is 1.52. The van der Waals surface area contributed by atoms with Crippen molar-refractivity contribution in [2.75, 3.05) is 6.61 Å². The molecule has 0 aromatic rings. The molecule has 4 heteroatoms. The van der Waals surface area contributed by atoms with Crippen LogP contribution in [0.15, 0.2) is 23.3 Å². The Morgan fingerprint density at radius 1 is 1.10 bits per heavy atom. The lowest BCUT2D eigenvalue weighted by molar-refractivity contribution is 0.0609. The molecule has 3 fully saturated rings. The average Bonchev–Trinajstić information content (AvgIpc) is 3.11. The normalized spacial score (nSPS) is 33.6. The molecule has 168 valence electrons. The Morgan fingerprint density at radius 3 is 2.50 bits per heavy atom. The van der Waals surface area contributed by atoms with Crippen LogP contribution in [-0.4, -0.2) is 45.8 Å². The van der Waals surface area contributed by atoms with E-state index >= 15 is 0 Å². The summed E-state index contributed by atoms with van der Waals surface area (Å²) in [5.41, 5.74) is 2.15. The van der Waals surface area contributed by atoms with Crippen LogP contribution in [0.4, 0.5) is 0 Å². The SMILES string of the molecule is CCC(O)(C#CCO[C@@H]1CC[C@]2(CCC/C(=C\C=C3C[C@@H](O)C[C@H](O)C3)C2)C1)CC. The maximum Gasteiger partial charge on any atom is 0.125 e. The molecule has 4 atom stereocenters. The van der Waals surface area contributed by atoms with Crippen molar-refractivity contribution >= 4 is 0 Å². The number of hydrogen-bond acceptors (Lipinski definition) is 4. The Labute approximate surface area is 182 Å². The van der Waals surface area contributed by atoms with Crippen LogP contribution in [0.3, 0.4) is 0 Å². The fraction of sp³-hybridized carbons (Fsp3) is 0.769. The average molecular weight is 417 g/mol. The minimum atomic E-state index is -0.873. The van der Waals surface area contributed by atoms with Crippen molar-refractivity contribution in [3.05, 3.63) is 23.3 Å². The van der Waals surface area contributed by atoms with E-state index in [0.717, 1.165) is 25.7 Å². The zero-order chi connectivity index (χ0) is 21.6. The molecule has 3 N–H and O–H groups in total. The van der Waals surface area contributed by atoms with Gasteiger partial charge in [0.25, 0.3) is 0 Å². The molecule has 0 aliphatic heterocycles. The molecule has 0 aromatic carbocycles. The van der Waals surface area contributed by atoms with E-state index in [1.165, 1.54) is 30.4 Å². The van der Waals surface area contributed by atoms with Crippen molar-refractivity contribution in [2.24, 2.45) is 5.41 Å². The lowest BCUT2D eigenvalue weighted by atomic mass is 9.70. The van der Waals surface area contributed by atoms with E-state index in [9.17, 15) is 15.3 Å². The topological polar surface area (TPSA) is 69.9 Å². The first-order chi connectivity index (χ1) is 14.4. The van der Waals surface area contributed by atoms with Gasteiger partial charge >= 0.3 is 0 Å². The molecule has 3 aliphatic rings. The second kappa shape index (κ2) is 10.5. The standard InChI is InChI=1S/C26H40O4/c1-3-26(29,4-2)12-6-14-30-24-10-13-25(19-24)11-5-7-20(18-25)8-9-21-15-22(27)17-23(28)16-21/h8-9,22-24,27-29H,3-5,7,10-11,13-19H2,1-2H3/b20-8+/t22-,23-,24-,25+/m1/s1. The molecule has 0 saturated heterocycles. The highest BCUT2D eigenvalue weighted by atomic mass is 16.5. The Morgan fingerprint density at radius 2 is 1.80 bits per heavy atom. The first-order valence-electron chi connectivity index (χ1n) is 11.9. The summed E-state index contributed by atoms with van der Waals surface area (Å²) in [6, 6.07) is 0. The third-order valence-corrected chi connectivity index (χ3v) is 7.44. The van der Waals surface area contributed by atoms with E-state index in [1.807, 2.05) is 13.8 Å². The Hall–Kier alpha value is -1.12. The van der Waals surface area contributed by atoms with Crippen LogP contribution in [0.5, 0.6) is 0 Å². The predicted octanol–water partition coefficient (Wildman–Crippen LogP) is 4.43. The van der Waals surface area contributed by atoms with Crippen LogP contribution < -0.4 is 0 Å². The van der Waals surface area contributed by atoms with Gasteiger partial charge in [0.15, 0.2) is 0 Å². The van der Waals surface area contributed by atoms with Gasteiger partial charge in [0.1, 0.15) is 12.2 Å². The summed E-state index contributed by atoms with van der Waals surface area (Å²) >= 11 is 0. The molecular weight excluding hydrogens is 376 g/mol. The lowest BCUT2D eigenvalue weighted by Crippen LogP contribution is -2.25. The predicted molar refractivity (Wildman–Crippen MR) is 120 cm³/mol. The molecule has 3 saturated carbocycles. The monoisotopic (exact) mass is 416 g/mol. The summed E-state index contributed by atoms with van der Waals surface area (Å²) in [5, 5.41) is 30.0. The quantitative estimate of drug-likeness (QED) is 0.580. The molecular formula is C26H40O4. The fourth-order valence-electron chi connectivity index (χ4n) is 5.50. The largest absolute Gasteiger partial charge is 0.393 e. The minimum Gasteiger partial charge on any atom is -0.393 e. The van der Waals surface area contributed by atoms with Gasteiger partial charge in [0.2, 0.25) is 0 Å². The Bertz CT molecular complexity index is 682. The van der Waals surface area contributed by atoms with E-state index in [-0.39, 0.29) is 6.10 Å². The van der Waals surface area contributed by atoms with Crippen LogP contribution in [0.25, 0.3) is 0 Å². The van der Waals surface area contributed by atoms with E-state index in [0.29, 0.717) is 44.1 Å². The molecule has 0 radical (unpaired) electrons. The van der Waals surface area contributed by atoms with Gasteiger partial charge in [-0.05, 0) is 82.5 Å². The second-order valence-corrected chi connectivity index (χ2v) is 9.85. The summed E-state index contributed by atoms with van der Waals surface area (Å²) in [6.45, 7) is 4.33. The van der Waals surface area contributed by atoms with Gasteiger partial charge in [-0.1, -0.05) is 49.0 Å². The highest BCUT2D eigenvalue weighted by molar-refractivity contribution is 5.23. The van der Waals surface area contributed by atoms with E-state index < -0.39 is 17.8 Å². The molecule has 4 nitrogen and oxygen atoms in total. The van der Waals surface area contributed by atoms with Crippen molar-refractivity contribution in [3.63, 3.8) is 0 Å². The molecule has 0 aromatic heterocycles. The van der Waals surface area contributed by atoms with Crippen LogP contribution in [-0.2, 0) is 4.74 Å². The van der Waals surface area contributed by atoms with Crippen LogP contribution in [0.1, 0.15) is 90.9 Å². The first-order valence-corrected chi connectivity index (χ1v) is 11.9. The van der Waals surface area contributed by atoms with E-state index in [2.05, 4.69) is 24.0 Å². The molecule has 0 heterocycles. The second-order valence-electron chi connectivity index (χ2n) is 9.85. The zero-order valence-corrected chi connectivity index (χ0v) is 18.8. The maximum atomic E-state index is 10.3. The third kappa shape index (κ3) is 6.44. The number of rotatable bonds is 5. The first kappa shape index (κ1) is 23.5. The number of ether oxygens (including phenoxy) is 1. The van der Waals surface area contributed by atoms with Crippen molar-refractivity contribution in [1.29, 1.82) is 0 Å². The van der Waals surface area contributed by atoms with Crippen LogP contribution in [0, 0.1) is 17.3 Å². The van der Waals surface area contributed by atoms with Gasteiger partial charge in [0.05, 0.1) is 18.3 Å². The molecule has 0 amide bonds. The Kier molecular flexibility index (Phi) is 8.21. The number of allylic oxidation sites excluding steroid dienone is 3. The summed E-state index contributed by atoms with van der Waals surface area (Å²) in [4.78, 5) is 0. The molecule has 0 unspecified atom stereocenters. The van der Waals surface area contributed by atoms with Gasteiger partial charge in [-0.3, -0.25) is 0 Å². The minimum absolute atomic E-state index is 0.275. The molecule has 30 heavy (non-hydrogen) atoms. The molecule has 3 rings (SSSR count). The molecule has 3 aliphatic carbocycles. The van der Waals surface area contributed by atoms with Crippen molar-refractivity contribution in [1.82, 2.24) is 0 Å². The van der Waals surface area contributed by atoms with Gasteiger partial charge in [0, 0.05) is 0 Å².